The molecule has 4 atom stereocenters. The first-order valence-electron chi connectivity index (χ1n) is 12.3. The van der Waals surface area contributed by atoms with Crippen molar-refractivity contribution in [3.63, 3.8) is 0 Å². The zero-order valence-electron chi connectivity index (χ0n) is 23.0. The maximum Gasteiger partial charge on any atom is 0.411 e. The average Bonchev–Trinajstić information content (AvgIpc) is 3.36. The number of hydrogen-bond acceptors (Lipinski definition) is 8. The number of nitrogens with zero attached hydrogens (tertiary/aromatic N) is 2. The van der Waals surface area contributed by atoms with Crippen LogP contribution in [0.25, 0.3) is 0 Å². The lowest BCUT2D eigenvalue weighted by Gasteiger charge is -2.27. The number of aliphatic hydroxyl groups excluding tert-OH is 1. The van der Waals surface area contributed by atoms with Gasteiger partial charge in [0, 0.05) is 26.1 Å². The summed E-state index contributed by atoms with van der Waals surface area (Å²) in [7, 11) is 2.92. The van der Waals surface area contributed by atoms with Gasteiger partial charge in [-0.15, -0.1) is 0 Å². The van der Waals surface area contributed by atoms with Crippen LogP contribution in [0, 0.1) is 11.8 Å². The second-order valence-electron chi connectivity index (χ2n) is 11.2. The van der Waals surface area contributed by atoms with Gasteiger partial charge < -0.3 is 29.0 Å². The number of carbonyl (C=O) groups excluding carboxylic acids is 3. The normalized spacial score (nSPS) is 24.5. The van der Waals surface area contributed by atoms with E-state index in [0.29, 0.717) is 32.0 Å². The standard InChI is InChI=1S/C13H23NO5.C12H23NO3/c1-13(2,3)19-12(16)14-7-9(8-17-4)6-10(14)11(15)18-5;1-5-9-6-10(8-14)13(7-9)11(15)16-12(2,3)4/h9-10H,6-8H2,1-5H3;9-10,14H,5-8H2,1-4H3/t2*9?,10-/m00/s1. The first kappa shape index (κ1) is 31.0. The van der Waals surface area contributed by atoms with Crippen LogP contribution in [0.4, 0.5) is 9.59 Å². The smallest absolute Gasteiger partial charge is 0.411 e. The molecule has 2 heterocycles. The highest BCUT2D eigenvalue weighted by molar-refractivity contribution is 5.82. The largest absolute Gasteiger partial charge is 0.467 e. The van der Waals surface area contributed by atoms with Crippen LogP contribution in [0.5, 0.6) is 0 Å². The molecule has 0 saturated carbocycles. The molecule has 2 aliphatic heterocycles. The quantitative estimate of drug-likeness (QED) is 0.449. The Balaban J connectivity index is 0.000000355. The van der Waals surface area contributed by atoms with Gasteiger partial charge in [0.05, 0.1) is 26.4 Å². The van der Waals surface area contributed by atoms with Crippen molar-refractivity contribution in [2.75, 3.05) is 40.5 Å². The predicted molar refractivity (Wildman–Crippen MR) is 131 cm³/mol. The van der Waals surface area contributed by atoms with Gasteiger partial charge >= 0.3 is 18.2 Å². The minimum atomic E-state index is -0.586. The molecule has 0 aliphatic carbocycles. The van der Waals surface area contributed by atoms with Gasteiger partial charge in [-0.1, -0.05) is 13.3 Å². The molecule has 1 N–H and O–H groups in total. The fourth-order valence-corrected chi connectivity index (χ4v) is 4.19. The van der Waals surface area contributed by atoms with E-state index in [1.807, 2.05) is 20.8 Å². The summed E-state index contributed by atoms with van der Waals surface area (Å²) in [5, 5.41) is 9.25. The lowest BCUT2D eigenvalue weighted by molar-refractivity contribution is -0.145. The highest BCUT2D eigenvalue weighted by atomic mass is 16.6. The number of amides is 2. The SMILES string of the molecule is CCC1C[C@@H](CO)N(C(=O)OC(C)(C)C)C1.COCC1C[C@@H](C(=O)OC)N(C(=O)OC(C)(C)C)C1. The Morgan fingerprint density at radius 1 is 0.857 bits per heavy atom. The van der Waals surface area contributed by atoms with E-state index < -0.39 is 29.3 Å². The first-order chi connectivity index (χ1) is 16.1. The fraction of sp³-hybridized carbons (Fsp3) is 0.880. The molecule has 2 rings (SSSR count). The van der Waals surface area contributed by atoms with Gasteiger partial charge in [0.15, 0.2) is 0 Å². The maximum absolute atomic E-state index is 12.1. The van der Waals surface area contributed by atoms with E-state index in [1.165, 1.54) is 12.0 Å². The van der Waals surface area contributed by atoms with Crippen molar-refractivity contribution < 1.29 is 38.4 Å². The Kier molecular flexibility index (Phi) is 11.8. The third-order valence-corrected chi connectivity index (χ3v) is 5.81. The van der Waals surface area contributed by atoms with Crippen LogP contribution in [-0.2, 0) is 23.7 Å². The minimum absolute atomic E-state index is 0.0236. The third-order valence-electron chi connectivity index (χ3n) is 5.81. The zero-order valence-corrected chi connectivity index (χ0v) is 23.0. The topological polar surface area (TPSA) is 115 Å². The van der Waals surface area contributed by atoms with E-state index in [2.05, 4.69) is 6.92 Å². The van der Waals surface area contributed by atoms with E-state index in [1.54, 1.807) is 32.8 Å². The molecule has 2 aliphatic rings. The molecule has 35 heavy (non-hydrogen) atoms. The molecule has 2 fully saturated rings. The molecule has 2 saturated heterocycles. The number of esters is 1. The van der Waals surface area contributed by atoms with Crippen LogP contribution in [0.3, 0.4) is 0 Å². The molecule has 0 spiro atoms. The molecular formula is C25H46N2O8. The van der Waals surface area contributed by atoms with Gasteiger partial charge in [-0.05, 0) is 60.3 Å². The van der Waals surface area contributed by atoms with Gasteiger partial charge in [0.1, 0.15) is 17.2 Å². The zero-order chi connectivity index (χ0) is 27.0. The Labute approximate surface area is 210 Å². The number of carbonyl (C=O) groups is 3. The van der Waals surface area contributed by atoms with Crippen LogP contribution in [0.2, 0.25) is 0 Å². The Morgan fingerprint density at radius 2 is 1.37 bits per heavy atom. The molecule has 2 unspecified atom stereocenters. The van der Waals surface area contributed by atoms with Crippen molar-refractivity contribution >= 4 is 18.2 Å². The summed E-state index contributed by atoms with van der Waals surface area (Å²) in [6.45, 7) is 14.7. The molecule has 204 valence electrons. The van der Waals surface area contributed by atoms with Crippen molar-refractivity contribution in [3.8, 4) is 0 Å². The highest BCUT2D eigenvalue weighted by Crippen LogP contribution is 2.28. The summed E-state index contributed by atoms with van der Waals surface area (Å²) in [5.74, 6) is 0.204. The molecule has 0 aromatic heterocycles. The predicted octanol–water partition coefficient (Wildman–Crippen LogP) is 3.45. The molecule has 0 bridgehead atoms. The monoisotopic (exact) mass is 502 g/mol. The van der Waals surface area contributed by atoms with Gasteiger partial charge in [-0.25, -0.2) is 14.4 Å². The van der Waals surface area contributed by atoms with Crippen molar-refractivity contribution in [3.05, 3.63) is 0 Å². The van der Waals surface area contributed by atoms with Crippen molar-refractivity contribution in [2.45, 2.75) is 91.0 Å². The van der Waals surface area contributed by atoms with Crippen LogP contribution in [0.1, 0.15) is 67.7 Å². The molecule has 0 aromatic carbocycles. The fourth-order valence-electron chi connectivity index (χ4n) is 4.19. The lowest BCUT2D eigenvalue weighted by atomic mass is 10.0. The van der Waals surface area contributed by atoms with Gasteiger partial charge in [0.25, 0.3) is 0 Å². The van der Waals surface area contributed by atoms with Crippen LogP contribution < -0.4 is 0 Å². The number of methoxy groups -OCH3 is 2. The van der Waals surface area contributed by atoms with Crippen molar-refractivity contribution in [1.29, 1.82) is 0 Å². The lowest BCUT2D eigenvalue weighted by Crippen LogP contribution is -2.43. The first-order valence-corrected chi connectivity index (χ1v) is 12.3. The summed E-state index contributed by atoms with van der Waals surface area (Å²) in [5.41, 5.74) is -1.06. The Hall–Kier alpha value is -2.07. The summed E-state index contributed by atoms with van der Waals surface area (Å²) in [6.07, 6.45) is 1.67. The van der Waals surface area contributed by atoms with Crippen LogP contribution in [-0.4, -0.2) is 96.9 Å². The number of hydrogen-bond donors (Lipinski definition) is 1. The molecule has 10 nitrogen and oxygen atoms in total. The van der Waals surface area contributed by atoms with Gasteiger partial charge in [-0.2, -0.15) is 0 Å². The van der Waals surface area contributed by atoms with E-state index >= 15 is 0 Å². The number of rotatable bonds is 5. The second kappa shape index (κ2) is 13.3. The van der Waals surface area contributed by atoms with E-state index in [-0.39, 0.29) is 24.7 Å². The van der Waals surface area contributed by atoms with E-state index in [4.69, 9.17) is 18.9 Å². The third kappa shape index (κ3) is 10.2. The van der Waals surface area contributed by atoms with Crippen molar-refractivity contribution in [1.82, 2.24) is 9.80 Å². The average molecular weight is 503 g/mol. The number of aliphatic hydroxyl groups is 1. The van der Waals surface area contributed by atoms with Crippen LogP contribution in [0.15, 0.2) is 0 Å². The van der Waals surface area contributed by atoms with E-state index in [0.717, 1.165) is 12.8 Å². The molecule has 0 aromatic rings. The Bertz CT molecular complexity index is 701. The van der Waals surface area contributed by atoms with E-state index in [9.17, 15) is 19.5 Å². The molecule has 2 amide bonds. The molecule has 10 heteroatoms. The number of likely N-dealkylation sites (tertiary alicyclic amines) is 2. The van der Waals surface area contributed by atoms with Crippen molar-refractivity contribution in [2.24, 2.45) is 11.8 Å². The maximum atomic E-state index is 12.1. The summed E-state index contributed by atoms with van der Waals surface area (Å²) in [4.78, 5) is 38.8. The summed E-state index contributed by atoms with van der Waals surface area (Å²) < 4.78 is 20.5. The number of ether oxygens (including phenoxy) is 4. The minimum Gasteiger partial charge on any atom is -0.467 e. The molecular weight excluding hydrogens is 456 g/mol. The summed E-state index contributed by atoms with van der Waals surface area (Å²) in [6, 6.07) is -0.653. The van der Waals surface area contributed by atoms with Gasteiger partial charge in [0.2, 0.25) is 0 Å². The van der Waals surface area contributed by atoms with Crippen LogP contribution >= 0.6 is 0 Å². The Morgan fingerprint density at radius 3 is 1.80 bits per heavy atom. The second-order valence-corrected chi connectivity index (χ2v) is 11.2. The summed E-state index contributed by atoms with van der Waals surface area (Å²) >= 11 is 0. The van der Waals surface area contributed by atoms with Gasteiger partial charge in [-0.3, -0.25) is 4.90 Å². The molecule has 0 radical (unpaired) electrons. The highest BCUT2D eigenvalue weighted by Gasteiger charge is 2.42.